The first-order valence-corrected chi connectivity index (χ1v) is 6.55. The fourth-order valence-electron chi connectivity index (χ4n) is 2.09. The predicted molar refractivity (Wildman–Crippen MR) is 68.5 cm³/mol. The van der Waals surface area contributed by atoms with Crippen LogP contribution in [0.1, 0.15) is 13.3 Å². The van der Waals surface area contributed by atoms with Crippen LogP contribution in [0, 0.1) is 5.82 Å². The lowest BCUT2D eigenvalue weighted by Crippen LogP contribution is -2.54. The number of amides is 1. The van der Waals surface area contributed by atoms with Gasteiger partial charge in [0.2, 0.25) is 5.91 Å². The van der Waals surface area contributed by atoms with Crippen molar-refractivity contribution >= 4 is 23.4 Å². The number of nitrogens with two attached hydrogens (primary N) is 1. The van der Waals surface area contributed by atoms with Gasteiger partial charge in [0.05, 0.1) is 5.69 Å². The Bertz CT molecular complexity index is 440. The smallest absolute Gasteiger partial charge is 0.244 e. The third-order valence-corrected chi connectivity index (χ3v) is 4.57. The molecule has 0 aromatic heterocycles. The van der Waals surface area contributed by atoms with Gasteiger partial charge in [-0.3, -0.25) is 4.79 Å². The maximum atomic E-state index is 13.6. The standard InChI is InChI=1S/C12H15FN2OS/c1-8-12(11(14)16,6-7-17-8)15-10-5-3-2-4-9(10)13/h2-5,8,15H,6-7H2,1H3,(H2,14,16). The van der Waals surface area contributed by atoms with Crippen LogP contribution in [0.25, 0.3) is 0 Å². The number of halogens is 1. The van der Waals surface area contributed by atoms with Crippen molar-refractivity contribution in [2.45, 2.75) is 24.1 Å². The lowest BCUT2D eigenvalue weighted by Gasteiger charge is -2.31. The molecule has 1 heterocycles. The highest BCUT2D eigenvalue weighted by Crippen LogP contribution is 2.38. The molecule has 2 unspecified atom stereocenters. The van der Waals surface area contributed by atoms with Gasteiger partial charge in [0.1, 0.15) is 11.4 Å². The van der Waals surface area contributed by atoms with E-state index in [1.165, 1.54) is 6.07 Å². The second-order valence-corrected chi connectivity index (χ2v) is 5.65. The molecular formula is C12H15FN2OS. The lowest BCUT2D eigenvalue weighted by molar-refractivity contribution is -0.122. The van der Waals surface area contributed by atoms with Gasteiger partial charge in [0.15, 0.2) is 0 Å². The zero-order chi connectivity index (χ0) is 12.5. The van der Waals surface area contributed by atoms with Crippen LogP contribution in [0.2, 0.25) is 0 Å². The van der Waals surface area contributed by atoms with Crippen LogP contribution in [0.3, 0.4) is 0 Å². The summed E-state index contributed by atoms with van der Waals surface area (Å²) in [5.41, 5.74) is 4.98. The summed E-state index contributed by atoms with van der Waals surface area (Å²) in [4.78, 5) is 11.7. The number of benzene rings is 1. The Morgan fingerprint density at radius 2 is 2.29 bits per heavy atom. The Morgan fingerprint density at radius 1 is 1.59 bits per heavy atom. The van der Waals surface area contributed by atoms with Gasteiger partial charge in [-0.1, -0.05) is 19.1 Å². The molecule has 0 radical (unpaired) electrons. The first-order chi connectivity index (χ1) is 8.06. The van der Waals surface area contributed by atoms with Gasteiger partial charge < -0.3 is 11.1 Å². The second-order valence-electron chi connectivity index (χ2n) is 4.20. The van der Waals surface area contributed by atoms with Crippen molar-refractivity contribution in [2.24, 2.45) is 5.73 Å². The molecule has 1 amide bonds. The normalized spacial score (nSPS) is 28.0. The van der Waals surface area contributed by atoms with E-state index in [0.717, 1.165) is 5.75 Å². The number of nitrogens with one attached hydrogen (secondary N) is 1. The van der Waals surface area contributed by atoms with E-state index in [1.807, 2.05) is 6.92 Å². The summed E-state index contributed by atoms with van der Waals surface area (Å²) >= 11 is 1.67. The topological polar surface area (TPSA) is 55.1 Å². The molecule has 0 saturated carbocycles. The van der Waals surface area contributed by atoms with E-state index >= 15 is 0 Å². The van der Waals surface area contributed by atoms with Crippen molar-refractivity contribution < 1.29 is 9.18 Å². The number of carbonyl (C=O) groups is 1. The Labute approximate surface area is 104 Å². The number of anilines is 1. The molecule has 1 fully saturated rings. The summed E-state index contributed by atoms with van der Waals surface area (Å²) in [5, 5.41) is 3.04. The molecule has 0 aliphatic carbocycles. The maximum absolute atomic E-state index is 13.6. The van der Waals surface area contributed by atoms with Crippen LogP contribution in [-0.2, 0) is 4.79 Å². The number of thioether (sulfide) groups is 1. The van der Waals surface area contributed by atoms with Gasteiger partial charge in [-0.05, 0) is 24.3 Å². The summed E-state index contributed by atoms with van der Waals surface area (Å²) < 4.78 is 13.6. The minimum atomic E-state index is -0.840. The van der Waals surface area contributed by atoms with E-state index in [1.54, 1.807) is 30.0 Å². The largest absolute Gasteiger partial charge is 0.368 e. The molecule has 2 atom stereocenters. The third-order valence-electron chi connectivity index (χ3n) is 3.23. The highest BCUT2D eigenvalue weighted by Gasteiger charge is 2.46. The molecule has 3 nitrogen and oxygen atoms in total. The Kier molecular flexibility index (Phi) is 3.28. The van der Waals surface area contributed by atoms with Crippen molar-refractivity contribution in [3.63, 3.8) is 0 Å². The van der Waals surface area contributed by atoms with E-state index in [-0.39, 0.29) is 11.1 Å². The molecule has 3 N–H and O–H groups in total. The van der Waals surface area contributed by atoms with Crippen molar-refractivity contribution in [3.8, 4) is 0 Å². The first kappa shape index (κ1) is 12.2. The van der Waals surface area contributed by atoms with Crippen molar-refractivity contribution in [2.75, 3.05) is 11.1 Å². The molecule has 2 rings (SSSR count). The molecule has 1 aliphatic heterocycles. The molecule has 1 aromatic carbocycles. The van der Waals surface area contributed by atoms with Crippen LogP contribution >= 0.6 is 11.8 Å². The van der Waals surface area contributed by atoms with Crippen LogP contribution < -0.4 is 11.1 Å². The quantitative estimate of drug-likeness (QED) is 0.867. The number of para-hydroxylation sites is 1. The molecule has 17 heavy (non-hydrogen) atoms. The Morgan fingerprint density at radius 3 is 2.82 bits per heavy atom. The van der Waals surface area contributed by atoms with Gasteiger partial charge in [-0.15, -0.1) is 0 Å². The van der Waals surface area contributed by atoms with E-state index in [2.05, 4.69) is 5.32 Å². The average Bonchev–Trinajstić information content (AvgIpc) is 2.65. The molecule has 0 spiro atoms. The minimum Gasteiger partial charge on any atom is -0.368 e. The summed E-state index contributed by atoms with van der Waals surface area (Å²) in [5.74, 6) is 0.0708. The summed E-state index contributed by atoms with van der Waals surface area (Å²) in [6.07, 6.45) is 0.627. The fraction of sp³-hybridized carbons (Fsp3) is 0.417. The molecular weight excluding hydrogens is 239 g/mol. The average molecular weight is 254 g/mol. The number of primary amides is 1. The van der Waals surface area contributed by atoms with E-state index in [9.17, 15) is 9.18 Å². The number of rotatable bonds is 3. The summed E-state index contributed by atoms with van der Waals surface area (Å²) in [6, 6.07) is 6.33. The number of carbonyl (C=O) groups excluding carboxylic acids is 1. The lowest BCUT2D eigenvalue weighted by atomic mass is 9.91. The number of hydrogen-bond donors (Lipinski definition) is 2. The first-order valence-electron chi connectivity index (χ1n) is 5.50. The number of hydrogen-bond acceptors (Lipinski definition) is 3. The second kappa shape index (κ2) is 4.56. The fourth-order valence-corrected chi connectivity index (χ4v) is 3.47. The maximum Gasteiger partial charge on any atom is 0.244 e. The van der Waals surface area contributed by atoms with Crippen LogP contribution in [-0.4, -0.2) is 22.4 Å². The van der Waals surface area contributed by atoms with Gasteiger partial charge in [-0.25, -0.2) is 4.39 Å². The molecule has 1 aliphatic rings. The van der Waals surface area contributed by atoms with E-state index in [0.29, 0.717) is 12.1 Å². The van der Waals surface area contributed by atoms with Crippen molar-refractivity contribution in [1.82, 2.24) is 0 Å². The molecule has 1 saturated heterocycles. The summed E-state index contributed by atoms with van der Waals surface area (Å²) in [7, 11) is 0. The van der Waals surface area contributed by atoms with Crippen LogP contribution in [0.4, 0.5) is 10.1 Å². The minimum absolute atomic E-state index is 0.0413. The molecule has 1 aromatic rings. The molecule has 92 valence electrons. The van der Waals surface area contributed by atoms with E-state index < -0.39 is 11.4 Å². The van der Waals surface area contributed by atoms with Gasteiger partial charge >= 0.3 is 0 Å². The zero-order valence-electron chi connectivity index (χ0n) is 9.57. The SMILES string of the molecule is CC1SCCC1(Nc1ccccc1F)C(N)=O. The summed E-state index contributed by atoms with van der Waals surface area (Å²) in [6.45, 7) is 1.94. The Balaban J connectivity index is 2.31. The van der Waals surface area contributed by atoms with Crippen molar-refractivity contribution in [1.29, 1.82) is 0 Å². The predicted octanol–water partition coefficient (Wildman–Crippen LogP) is 1.99. The van der Waals surface area contributed by atoms with Crippen LogP contribution in [0.15, 0.2) is 24.3 Å². The zero-order valence-corrected chi connectivity index (χ0v) is 10.4. The van der Waals surface area contributed by atoms with Crippen LogP contribution in [0.5, 0.6) is 0 Å². The Hall–Kier alpha value is -1.23. The van der Waals surface area contributed by atoms with E-state index in [4.69, 9.17) is 5.73 Å². The van der Waals surface area contributed by atoms with Crippen molar-refractivity contribution in [3.05, 3.63) is 30.1 Å². The van der Waals surface area contributed by atoms with Gasteiger partial charge in [0, 0.05) is 5.25 Å². The molecule has 0 bridgehead atoms. The monoisotopic (exact) mass is 254 g/mol. The highest BCUT2D eigenvalue weighted by molar-refractivity contribution is 8.00. The van der Waals surface area contributed by atoms with Gasteiger partial charge in [-0.2, -0.15) is 11.8 Å². The molecule has 5 heteroatoms. The highest BCUT2D eigenvalue weighted by atomic mass is 32.2. The third kappa shape index (κ3) is 2.11. The van der Waals surface area contributed by atoms with Gasteiger partial charge in [0.25, 0.3) is 0 Å².